The molecular weight excluding hydrogens is 218 g/mol. The zero-order valence-electron chi connectivity index (χ0n) is 10.9. The first-order chi connectivity index (χ1) is 8.04. The summed E-state index contributed by atoms with van der Waals surface area (Å²) in [6, 6.07) is 0.312. The fraction of sp³-hybridized carbons (Fsp3) is 1.00. The third-order valence-corrected chi connectivity index (χ3v) is 4.60. The third kappa shape index (κ3) is 1.65. The van der Waals surface area contributed by atoms with E-state index in [1.165, 1.54) is 12.8 Å². The normalized spacial score (nSPS) is 46.2. The predicted molar refractivity (Wildman–Crippen MR) is 63.3 cm³/mol. The Morgan fingerprint density at radius 2 is 2.00 bits per heavy atom. The van der Waals surface area contributed by atoms with Gasteiger partial charge in [-0.25, -0.2) is 0 Å². The molecule has 0 spiro atoms. The summed E-state index contributed by atoms with van der Waals surface area (Å²) in [5, 5.41) is 11.6. The van der Waals surface area contributed by atoms with Gasteiger partial charge in [0.05, 0.1) is 36.5 Å². The van der Waals surface area contributed by atoms with E-state index in [2.05, 4.69) is 6.92 Å². The van der Waals surface area contributed by atoms with Crippen LogP contribution in [0.1, 0.15) is 40.0 Å². The summed E-state index contributed by atoms with van der Waals surface area (Å²) in [6.07, 6.45) is 4.37. The second kappa shape index (κ2) is 3.92. The standard InChI is InChI=1S/C13H23NO3/c1-8-12-11-9(16-8)5-4-6-10(11)17-14(12)13(2,3)7-15/h8-12,15H,4-7H2,1-3H3/t8-,9+,10-,11+,12+/m0/s1. The van der Waals surface area contributed by atoms with Gasteiger partial charge in [-0.3, -0.25) is 4.84 Å². The van der Waals surface area contributed by atoms with Crippen LogP contribution in [0.4, 0.5) is 0 Å². The first-order valence-electron chi connectivity index (χ1n) is 6.77. The van der Waals surface area contributed by atoms with Gasteiger partial charge in [0.15, 0.2) is 0 Å². The van der Waals surface area contributed by atoms with Gasteiger partial charge in [-0.15, -0.1) is 0 Å². The highest BCUT2D eigenvalue weighted by atomic mass is 16.7. The van der Waals surface area contributed by atoms with Crippen LogP contribution in [0.3, 0.4) is 0 Å². The second-order valence-electron chi connectivity index (χ2n) is 6.32. The topological polar surface area (TPSA) is 41.9 Å². The molecular formula is C13H23NO3. The van der Waals surface area contributed by atoms with Gasteiger partial charge in [-0.2, -0.15) is 5.06 Å². The molecule has 1 N–H and O–H groups in total. The molecule has 0 aromatic rings. The Morgan fingerprint density at radius 3 is 2.71 bits per heavy atom. The summed E-state index contributed by atoms with van der Waals surface area (Å²) in [7, 11) is 0. The second-order valence-corrected chi connectivity index (χ2v) is 6.32. The van der Waals surface area contributed by atoms with Crippen molar-refractivity contribution in [1.82, 2.24) is 5.06 Å². The summed E-state index contributed by atoms with van der Waals surface area (Å²) >= 11 is 0. The molecule has 1 aliphatic carbocycles. The van der Waals surface area contributed by atoms with Gasteiger partial charge in [0.2, 0.25) is 0 Å². The van der Waals surface area contributed by atoms with Gasteiger partial charge in [-0.1, -0.05) is 0 Å². The molecule has 0 amide bonds. The molecule has 3 aliphatic rings. The van der Waals surface area contributed by atoms with Gasteiger partial charge >= 0.3 is 0 Å². The van der Waals surface area contributed by atoms with Gasteiger partial charge in [-0.05, 0) is 40.0 Å². The third-order valence-electron chi connectivity index (χ3n) is 4.60. The number of hydroxylamine groups is 2. The van der Waals surface area contributed by atoms with Gasteiger partial charge in [0, 0.05) is 5.92 Å². The molecule has 3 rings (SSSR count). The van der Waals surface area contributed by atoms with Gasteiger partial charge < -0.3 is 9.84 Å². The first kappa shape index (κ1) is 11.9. The van der Waals surface area contributed by atoms with E-state index in [9.17, 15) is 5.11 Å². The van der Waals surface area contributed by atoms with Crippen LogP contribution in [0, 0.1) is 5.92 Å². The summed E-state index contributed by atoms with van der Waals surface area (Å²) in [5.41, 5.74) is -0.325. The largest absolute Gasteiger partial charge is 0.394 e. The molecule has 5 atom stereocenters. The molecule has 1 saturated carbocycles. The SMILES string of the molecule is C[C@@H]1O[C@@H]2CCC[C@@H]3ON(C(C)(C)CO)[C@H]1[C@@H]32. The minimum absolute atomic E-state index is 0.111. The minimum atomic E-state index is -0.325. The maximum absolute atomic E-state index is 9.54. The molecule has 0 aromatic carbocycles. The van der Waals surface area contributed by atoms with E-state index in [0.717, 1.165) is 6.42 Å². The number of rotatable bonds is 2. The van der Waals surface area contributed by atoms with Crippen molar-refractivity contribution in [3.8, 4) is 0 Å². The molecule has 2 aliphatic heterocycles. The van der Waals surface area contributed by atoms with E-state index in [1.807, 2.05) is 18.9 Å². The van der Waals surface area contributed by atoms with Crippen LogP contribution in [0.25, 0.3) is 0 Å². The van der Waals surface area contributed by atoms with Crippen molar-refractivity contribution in [2.45, 2.75) is 69.9 Å². The van der Waals surface area contributed by atoms with E-state index in [1.54, 1.807) is 0 Å². The molecule has 4 nitrogen and oxygen atoms in total. The molecule has 0 bridgehead atoms. The number of nitrogens with zero attached hydrogens (tertiary/aromatic N) is 1. The summed E-state index contributed by atoms with van der Waals surface area (Å²) in [4.78, 5) is 6.12. The van der Waals surface area contributed by atoms with Crippen LogP contribution in [0.15, 0.2) is 0 Å². The van der Waals surface area contributed by atoms with E-state index < -0.39 is 0 Å². The number of ether oxygens (including phenoxy) is 1. The fourth-order valence-electron chi connectivity index (χ4n) is 3.71. The van der Waals surface area contributed by atoms with Crippen LogP contribution < -0.4 is 0 Å². The first-order valence-corrected chi connectivity index (χ1v) is 6.77. The highest BCUT2D eigenvalue weighted by Gasteiger charge is 2.59. The van der Waals surface area contributed by atoms with Crippen molar-refractivity contribution < 1.29 is 14.7 Å². The Kier molecular flexibility index (Phi) is 2.74. The molecule has 0 aromatic heterocycles. The van der Waals surface area contributed by atoms with Crippen molar-refractivity contribution in [3.63, 3.8) is 0 Å². The Morgan fingerprint density at radius 1 is 1.29 bits per heavy atom. The minimum Gasteiger partial charge on any atom is -0.394 e. The number of aliphatic hydroxyl groups excluding tert-OH is 1. The average Bonchev–Trinajstić information content (AvgIpc) is 2.84. The Labute approximate surface area is 103 Å². The summed E-state index contributed by atoms with van der Waals surface area (Å²) in [6.45, 7) is 6.31. The summed E-state index contributed by atoms with van der Waals surface area (Å²) < 4.78 is 6.07. The smallest absolute Gasteiger partial charge is 0.0863 e. The lowest BCUT2D eigenvalue weighted by Crippen LogP contribution is -2.51. The average molecular weight is 241 g/mol. The lowest BCUT2D eigenvalue weighted by molar-refractivity contribution is -0.244. The van der Waals surface area contributed by atoms with Gasteiger partial charge in [0.1, 0.15) is 0 Å². The maximum Gasteiger partial charge on any atom is 0.0863 e. The Hall–Kier alpha value is -0.160. The van der Waals surface area contributed by atoms with E-state index in [0.29, 0.717) is 24.2 Å². The van der Waals surface area contributed by atoms with Gasteiger partial charge in [0.25, 0.3) is 0 Å². The fourth-order valence-corrected chi connectivity index (χ4v) is 3.71. The monoisotopic (exact) mass is 241 g/mol. The highest BCUT2D eigenvalue weighted by Crippen LogP contribution is 2.48. The van der Waals surface area contributed by atoms with E-state index in [4.69, 9.17) is 9.57 Å². The van der Waals surface area contributed by atoms with Crippen molar-refractivity contribution in [3.05, 3.63) is 0 Å². The van der Waals surface area contributed by atoms with Crippen LogP contribution in [0.5, 0.6) is 0 Å². The molecule has 4 heteroatoms. The maximum atomic E-state index is 9.54. The molecule has 2 saturated heterocycles. The van der Waals surface area contributed by atoms with E-state index in [-0.39, 0.29) is 18.2 Å². The van der Waals surface area contributed by atoms with E-state index >= 15 is 0 Å². The Bertz CT molecular complexity index is 307. The number of hydrogen-bond acceptors (Lipinski definition) is 4. The highest BCUT2D eigenvalue weighted by molar-refractivity contribution is 5.05. The van der Waals surface area contributed by atoms with Crippen molar-refractivity contribution in [2.24, 2.45) is 5.92 Å². The van der Waals surface area contributed by atoms with Crippen molar-refractivity contribution >= 4 is 0 Å². The zero-order chi connectivity index (χ0) is 12.2. The molecule has 98 valence electrons. The van der Waals surface area contributed by atoms with Crippen LogP contribution >= 0.6 is 0 Å². The molecule has 3 fully saturated rings. The lowest BCUT2D eigenvalue weighted by Gasteiger charge is -2.37. The predicted octanol–water partition coefficient (Wildman–Crippen LogP) is 1.33. The molecule has 2 heterocycles. The van der Waals surface area contributed by atoms with Crippen LogP contribution in [-0.4, -0.2) is 46.7 Å². The van der Waals surface area contributed by atoms with Crippen LogP contribution in [0.2, 0.25) is 0 Å². The Balaban J connectivity index is 1.89. The van der Waals surface area contributed by atoms with Crippen molar-refractivity contribution in [1.29, 1.82) is 0 Å². The molecule has 17 heavy (non-hydrogen) atoms. The number of hydrogen-bond donors (Lipinski definition) is 1. The van der Waals surface area contributed by atoms with Crippen molar-refractivity contribution in [2.75, 3.05) is 6.61 Å². The number of aliphatic hydroxyl groups is 1. The van der Waals surface area contributed by atoms with Crippen LogP contribution in [-0.2, 0) is 9.57 Å². The molecule has 0 unspecified atom stereocenters. The zero-order valence-corrected chi connectivity index (χ0v) is 10.9. The quantitative estimate of drug-likeness (QED) is 0.792. The lowest BCUT2D eigenvalue weighted by atomic mass is 9.80. The molecule has 0 radical (unpaired) electrons. The summed E-state index contributed by atoms with van der Waals surface area (Å²) in [5.74, 6) is 0.504.